The zero-order valence-corrected chi connectivity index (χ0v) is 14.2. The van der Waals surface area contributed by atoms with Crippen molar-refractivity contribution in [2.45, 2.75) is 25.6 Å². The van der Waals surface area contributed by atoms with E-state index in [1.165, 1.54) is 10.9 Å². The Labute approximate surface area is 144 Å². The van der Waals surface area contributed by atoms with Crippen molar-refractivity contribution in [3.8, 4) is 5.75 Å². The summed E-state index contributed by atoms with van der Waals surface area (Å²) in [6, 6.07) is 7.06. The maximum Gasteiger partial charge on any atom is 0.358 e. The van der Waals surface area contributed by atoms with Crippen LogP contribution in [0.2, 0.25) is 0 Å². The highest BCUT2D eigenvalue weighted by atomic mass is 16.5. The van der Waals surface area contributed by atoms with Gasteiger partial charge in [-0.1, -0.05) is 17.3 Å². The van der Waals surface area contributed by atoms with E-state index in [4.69, 9.17) is 14.6 Å². The summed E-state index contributed by atoms with van der Waals surface area (Å²) in [7, 11) is 3.15. The second-order valence-electron chi connectivity index (χ2n) is 5.39. The number of rotatable bonds is 8. The zero-order chi connectivity index (χ0) is 18.4. The van der Waals surface area contributed by atoms with E-state index in [1.807, 2.05) is 31.2 Å². The molecule has 0 spiro atoms. The number of amides is 1. The molecule has 0 saturated carbocycles. The largest absolute Gasteiger partial charge is 0.497 e. The van der Waals surface area contributed by atoms with Crippen molar-refractivity contribution in [1.29, 1.82) is 0 Å². The maximum atomic E-state index is 12.1. The number of methoxy groups -OCH3 is 2. The van der Waals surface area contributed by atoms with Crippen molar-refractivity contribution in [3.63, 3.8) is 0 Å². The average Bonchev–Trinajstić information content (AvgIpc) is 3.04. The summed E-state index contributed by atoms with van der Waals surface area (Å²) in [5, 5.41) is 18.7. The highest BCUT2D eigenvalue weighted by molar-refractivity contribution is 5.84. The molecule has 2 unspecified atom stereocenters. The minimum atomic E-state index is -1.20. The number of hydrogen-bond donors (Lipinski definition) is 2. The molecule has 1 heterocycles. The Kier molecular flexibility index (Phi) is 6.07. The van der Waals surface area contributed by atoms with Crippen LogP contribution in [0, 0.1) is 0 Å². The van der Waals surface area contributed by atoms with Gasteiger partial charge in [-0.05, 0) is 24.6 Å². The molecule has 0 aliphatic rings. The van der Waals surface area contributed by atoms with Crippen LogP contribution in [0.3, 0.4) is 0 Å². The molecule has 2 rings (SSSR count). The van der Waals surface area contributed by atoms with Crippen LogP contribution in [0.5, 0.6) is 5.75 Å². The molecule has 2 atom stereocenters. The molecule has 0 saturated heterocycles. The molecule has 134 valence electrons. The molecule has 1 aromatic heterocycles. The Balaban J connectivity index is 1.98. The van der Waals surface area contributed by atoms with Gasteiger partial charge in [-0.3, -0.25) is 4.79 Å². The van der Waals surface area contributed by atoms with Crippen molar-refractivity contribution in [2.24, 2.45) is 0 Å². The number of hydrogen-bond acceptors (Lipinski definition) is 6. The third kappa shape index (κ3) is 4.77. The topological polar surface area (TPSA) is 116 Å². The fourth-order valence-electron chi connectivity index (χ4n) is 2.42. The number of carboxylic acid groups (broad SMARTS) is 1. The number of benzene rings is 1. The molecule has 2 N–H and O–H groups in total. The predicted octanol–water partition coefficient (Wildman–Crippen LogP) is 0.877. The van der Waals surface area contributed by atoms with Crippen molar-refractivity contribution in [1.82, 2.24) is 20.3 Å². The van der Waals surface area contributed by atoms with Gasteiger partial charge in [-0.25, -0.2) is 9.48 Å². The van der Waals surface area contributed by atoms with Crippen LogP contribution in [-0.4, -0.2) is 52.2 Å². The fourth-order valence-corrected chi connectivity index (χ4v) is 2.42. The molecule has 1 amide bonds. The van der Waals surface area contributed by atoms with Crippen molar-refractivity contribution in [2.75, 3.05) is 14.2 Å². The lowest BCUT2D eigenvalue weighted by molar-refractivity contribution is -0.123. The van der Waals surface area contributed by atoms with E-state index in [9.17, 15) is 9.59 Å². The lowest BCUT2D eigenvalue weighted by Crippen LogP contribution is -2.39. The van der Waals surface area contributed by atoms with E-state index >= 15 is 0 Å². The third-order valence-electron chi connectivity index (χ3n) is 3.60. The molecule has 0 fully saturated rings. The van der Waals surface area contributed by atoms with Gasteiger partial charge in [0, 0.05) is 7.11 Å². The Morgan fingerprint density at radius 2 is 1.96 bits per heavy atom. The number of aromatic nitrogens is 3. The molecule has 9 heteroatoms. The predicted molar refractivity (Wildman–Crippen MR) is 87.3 cm³/mol. The lowest BCUT2D eigenvalue weighted by Gasteiger charge is -2.24. The van der Waals surface area contributed by atoms with Gasteiger partial charge < -0.3 is 19.9 Å². The van der Waals surface area contributed by atoms with Gasteiger partial charge >= 0.3 is 5.97 Å². The molecule has 0 aliphatic carbocycles. The smallest absolute Gasteiger partial charge is 0.358 e. The maximum absolute atomic E-state index is 12.1. The monoisotopic (exact) mass is 348 g/mol. The van der Waals surface area contributed by atoms with Gasteiger partial charge in [0.25, 0.3) is 0 Å². The van der Waals surface area contributed by atoms with Crippen molar-refractivity contribution in [3.05, 3.63) is 41.7 Å². The molecule has 0 radical (unpaired) electrons. The molecule has 1 aromatic carbocycles. The molecular weight excluding hydrogens is 328 g/mol. The Morgan fingerprint density at radius 3 is 2.48 bits per heavy atom. The highest BCUT2D eigenvalue weighted by Crippen LogP contribution is 2.23. The van der Waals surface area contributed by atoms with Crippen LogP contribution in [-0.2, 0) is 16.1 Å². The van der Waals surface area contributed by atoms with Crippen LogP contribution >= 0.6 is 0 Å². The summed E-state index contributed by atoms with van der Waals surface area (Å²) in [5.41, 5.74) is 0.680. The summed E-state index contributed by atoms with van der Waals surface area (Å²) in [6.45, 7) is 1.68. The normalized spacial score (nSPS) is 13.1. The molecule has 2 aromatic rings. The van der Waals surface area contributed by atoms with Crippen LogP contribution < -0.4 is 10.1 Å². The molecule has 0 bridgehead atoms. The van der Waals surface area contributed by atoms with E-state index in [1.54, 1.807) is 14.2 Å². The van der Waals surface area contributed by atoms with Crippen molar-refractivity contribution >= 4 is 11.9 Å². The lowest BCUT2D eigenvalue weighted by atomic mass is 10.0. The van der Waals surface area contributed by atoms with E-state index in [2.05, 4.69) is 15.6 Å². The number of carbonyl (C=O) groups excluding carboxylic acids is 1. The highest BCUT2D eigenvalue weighted by Gasteiger charge is 2.21. The standard InChI is InChI=1S/C16H20N4O5/c1-10(15(25-3)11-4-6-12(24-2)7-5-11)17-14(21)9-20-8-13(16(22)23)18-19-20/h4-8,10,15H,9H2,1-3H3,(H,17,21)(H,22,23). The Bertz CT molecular complexity index is 728. The van der Waals surface area contributed by atoms with Gasteiger partial charge in [0.15, 0.2) is 5.69 Å². The van der Waals surface area contributed by atoms with E-state index in [-0.39, 0.29) is 30.3 Å². The van der Waals surface area contributed by atoms with Crippen molar-refractivity contribution < 1.29 is 24.2 Å². The fraction of sp³-hybridized carbons (Fsp3) is 0.375. The first-order valence-corrected chi connectivity index (χ1v) is 7.54. The third-order valence-corrected chi connectivity index (χ3v) is 3.60. The number of carbonyl (C=O) groups is 2. The summed E-state index contributed by atoms with van der Waals surface area (Å²) < 4.78 is 11.8. The second-order valence-corrected chi connectivity index (χ2v) is 5.39. The zero-order valence-electron chi connectivity index (χ0n) is 14.2. The van der Waals surface area contributed by atoms with Crippen LogP contribution in [0.15, 0.2) is 30.5 Å². The number of carboxylic acids is 1. The molecular formula is C16H20N4O5. The number of nitrogens with one attached hydrogen (secondary N) is 1. The van der Waals surface area contributed by atoms with E-state index < -0.39 is 5.97 Å². The second kappa shape index (κ2) is 8.25. The van der Waals surface area contributed by atoms with Crippen LogP contribution in [0.25, 0.3) is 0 Å². The average molecular weight is 348 g/mol. The minimum absolute atomic E-state index is 0.135. The van der Waals surface area contributed by atoms with Crippen LogP contribution in [0.1, 0.15) is 29.1 Å². The van der Waals surface area contributed by atoms with E-state index in [0.29, 0.717) is 0 Å². The summed E-state index contributed by atoms with van der Waals surface area (Å²) in [5.74, 6) is -0.792. The minimum Gasteiger partial charge on any atom is -0.497 e. The van der Waals surface area contributed by atoms with Gasteiger partial charge in [-0.15, -0.1) is 5.10 Å². The van der Waals surface area contributed by atoms with Gasteiger partial charge in [0.05, 0.1) is 19.3 Å². The SMILES string of the molecule is COc1ccc(C(OC)C(C)NC(=O)Cn2cc(C(=O)O)nn2)cc1. The number of nitrogens with zero attached hydrogens (tertiary/aromatic N) is 3. The molecule has 25 heavy (non-hydrogen) atoms. The van der Waals surface area contributed by atoms with Gasteiger partial charge in [0.2, 0.25) is 5.91 Å². The molecule has 0 aliphatic heterocycles. The first-order valence-electron chi connectivity index (χ1n) is 7.54. The first-order chi connectivity index (χ1) is 11.9. The van der Waals surface area contributed by atoms with E-state index in [0.717, 1.165) is 11.3 Å². The summed E-state index contributed by atoms with van der Waals surface area (Å²) in [6.07, 6.45) is 0.851. The molecule has 9 nitrogen and oxygen atoms in total. The quantitative estimate of drug-likeness (QED) is 0.727. The van der Waals surface area contributed by atoms with Gasteiger partial charge in [-0.2, -0.15) is 0 Å². The number of ether oxygens (including phenoxy) is 2. The van der Waals surface area contributed by atoms with Crippen LogP contribution in [0.4, 0.5) is 0 Å². The number of aromatic carboxylic acids is 1. The Hall–Kier alpha value is -2.94. The first kappa shape index (κ1) is 18.4. The summed E-state index contributed by atoms with van der Waals surface area (Å²) >= 11 is 0. The Morgan fingerprint density at radius 1 is 1.28 bits per heavy atom. The summed E-state index contributed by atoms with van der Waals surface area (Å²) in [4.78, 5) is 22.9. The van der Waals surface area contributed by atoms with Gasteiger partial charge in [0.1, 0.15) is 18.4 Å².